The van der Waals surface area contributed by atoms with Gasteiger partial charge >= 0.3 is 0 Å². The van der Waals surface area contributed by atoms with Gasteiger partial charge in [-0.2, -0.15) is 0 Å². The molecule has 0 bridgehead atoms. The highest BCUT2D eigenvalue weighted by molar-refractivity contribution is 5.13. The third-order valence-electron chi connectivity index (χ3n) is 8.88. The van der Waals surface area contributed by atoms with Crippen LogP contribution in [-0.4, -0.2) is 23.4 Å². The summed E-state index contributed by atoms with van der Waals surface area (Å²) in [5, 5.41) is 10.5. The Kier molecular flexibility index (Phi) is 2.58. The van der Waals surface area contributed by atoms with Crippen molar-refractivity contribution in [1.29, 1.82) is 0 Å². The molecule has 4 saturated carbocycles. The molecule has 2 nitrogen and oxygen atoms in total. The van der Waals surface area contributed by atoms with Crippen LogP contribution in [0, 0.1) is 34.5 Å². The van der Waals surface area contributed by atoms with Crippen LogP contribution in [-0.2, 0) is 4.74 Å². The van der Waals surface area contributed by atoms with Crippen LogP contribution in [0.2, 0.25) is 0 Å². The van der Waals surface area contributed by atoms with E-state index in [1.54, 1.807) is 0 Å². The van der Waals surface area contributed by atoms with Gasteiger partial charge in [0.15, 0.2) is 0 Å². The van der Waals surface area contributed by atoms with Gasteiger partial charge in [0, 0.05) is 0 Å². The summed E-state index contributed by atoms with van der Waals surface area (Å²) >= 11 is 0. The number of ether oxygens (including phenoxy) is 1. The maximum atomic E-state index is 10.5. The van der Waals surface area contributed by atoms with Crippen LogP contribution in [0.4, 0.5) is 0 Å². The third-order valence-corrected chi connectivity index (χ3v) is 8.88. The van der Waals surface area contributed by atoms with E-state index in [-0.39, 0.29) is 11.5 Å². The highest BCUT2D eigenvalue weighted by Crippen LogP contribution is 2.68. The minimum atomic E-state index is -0.0310. The van der Waals surface area contributed by atoms with Crippen LogP contribution < -0.4 is 0 Å². The Morgan fingerprint density at radius 3 is 2.38 bits per heavy atom. The molecule has 2 heteroatoms. The van der Waals surface area contributed by atoms with Gasteiger partial charge in [0.2, 0.25) is 0 Å². The lowest BCUT2D eigenvalue weighted by Gasteiger charge is -2.59. The van der Waals surface area contributed by atoms with Crippen LogP contribution in [0.3, 0.4) is 0 Å². The molecular formula is C19H30O2. The molecular weight excluding hydrogens is 260 g/mol. The molecule has 9 atom stereocenters. The van der Waals surface area contributed by atoms with Crippen molar-refractivity contribution >= 4 is 0 Å². The molecule has 5 fully saturated rings. The molecule has 0 amide bonds. The predicted octanol–water partition coefficient (Wildman–Crippen LogP) is 3.77. The Morgan fingerprint density at radius 1 is 0.810 bits per heavy atom. The zero-order valence-electron chi connectivity index (χ0n) is 13.6. The van der Waals surface area contributed by atoms with Crippen LogP contribution in [0.15, 0.2) is 0 Å². The second kappa shape index (κ2) is 4.06. The Bertz CT molecular complexity index is 462. The van der Waals surface area contributed by atoms with Crippen molar-refractivity contribution in [1.82, 2.24) is 0 Å². The number of rotatable bonds is 0. The number of hydrogen-bond acceptors (Lipinski definition) is 2. The summed E-state index contributed by atoms with van der Waals surface area (Å²) < 4.78 is 5.98. The molecule has 0 aromatic carbocycles. The van der Waals surface area contributed by atoms with Gasteiger partial charge in [-0.1, -0.05) is 13.8 Å². The second-order valence-corrected chi connectivity index (χ2v) is 9.38. The summed E-state index contributed by atoms with van der Waals surface area (Å²) in [5.41, 5.74) is 0.771. The first-order chi connectivity index (χ1) is 10.0. The monoisotopic (exact) mass is 290 g/mol. The molecule has 5 aliphatic rings. The van der Waals surface area contributed by atoms with Gasteiger partial charge in [0.25, 0.3) is 0 Å². The van der Waals surface area contributed by atoms with Gasteiger partial charge in [0.1, 0.15) is 0 Å². The molecule has 1 heterocycles. The summed E-state index contributed by atoms with van der Waals surface area (Å²) in [6.45, 7) is 4.99. The molecule has 1 saturated heterocycles. The zero-order chi connectivity index (χ0) is 14.4. The number of aliphatic hydroxyl groups excluding tert-OH is 1. The van der Waals surface area contributed by atoms with Gasteiger partial charge in [-0.25, -0.2) is 0 Å². The lowest BCUT2D eigenvalue weighted by molar-refractivity contribution is -0.118. The molecule has 4 aliphatic carbocycles. The first-order valence-corrected chi connectivity index (χ1v) is 9.37. The van der Waals surface area contributed by atoms with Crippen molar-refractivity contribution in [3.63, 3.8) is 0 Å². The molecule has 0 aromatic heterocycles. The molecule has 21 heavy (non-hydrogen) atoms. The summed E-state index contributed by atoms with van der Waals surface area (Å²) in [5.74, 6) is 3.43. The molecule has 1 aliphatic heterocycles. The first kappa shape index (κ1) is 13.4. The highest BCUT2D eigenvalue weighted by atomic mass is 16.6. The number of hydrogen-bond donors (Lipinski definition) is 1. The number of epoxide rings is 1. The maximum absolute atomic E-state index is 10.5. The van der Waals surface area contributed by atoms with E-state index in [0.717, 1.165) is 30.1 Å². The summed E-state index contributed by atoms with van der Waals surface area (Å²) in [7, 11) is 0. The minimum Gasteiger partial charge on any atom is -0.393 e. The Labute approximate surface area is 128 Å². The van der Waals surface area contributed by atoms with E-state index in [1.807, 2.05) is 0 Å². The van der Waals surface area contributed by atoms with Gasteiger partial charge < -0.3 is 9.84 Å². The van der Waals surface area contributed by atoms with Crippen LogP contribution in [0.1, 0.15) is 65.2 Å². The van der Waals surface area contributed by atoms with Crippen molar-refractivity contribution in [3.8, 4) is 0 Å². The van der Waals surface area contributed by atoms with E-state index in [1.165, 1.54) is 44.9 Å². The maximum Gasteiger partial charge on any atom is 0.0875 e. The Morgan fingerprint density at radius 2 is 1.52 bits per heavy atom. The van der Waals surface area contributed by atoms with Crippen molar-refractivity contribution in [2.24, 2.45) is 34.5 Å². The van der Waals surface area contributed by atoms with Gasteiger partial charge in [-0.15, -0.1) is 0 Å². The third kappa shape index (κ3) is 1.57. The van der Waals surface area contributed by atoms with Gasteiger partial charge in [0.05, 0.1) is 18.3 Å². The fourth-order valence-electron chi connectivity index (χ4n) is 7.56. The summed E-state index contributed by atoms with van der Waals surface area (Å²) in [4.78, 5) is 0. The quantitative estimate of drug-likeness (QED) is 0.689. The summed E-state index contributed by atoms with van der Waals surface area (Å²) in [6, 6.07) is 0. The van der Waals surface area contributed by atoms with Crippen LogP contribution in [0.5, 0.6) is 0 Å². The molecule has 0 unspecified atom stereocenters. The smallest absolute Gasteiger partial charge is 0.0875 e. The Balaban J connectivity index is 1.48. The Hall–Kier alpha value is -0.0800. The van der Waals surface area contributed by atoms with Gasteiger partial charge in [-0.05, 0) is 85.9 Å². The van der Waals surface area contributed by atoms with E-state index in [4.69, 9.17) is 4.74 Å². The van der Waals surface area contributed by atoms with Crippen molar-refractivity contribution in [3.05, 3.63) is 0 Å². The van der Waals surface area contributed by atoms with E-state index in [0.29, 0.717) is 17.6 Å². The topological polar surface area (TPSA) is 32.8 Å². The van der Waals surface area contributed by atoms with E-state index < -0.39 is 0 Å². The highest BCUT2D eigenvalue weighted by Gasteiger charge is 2.64. The molecule has 0 spiro atoms. The summed E-state index contributed by atoms with van der Waals surface area (Å²) in [6.07, 6.45) is 11.7. The lowest BCUT2D eigenvalue weighted by atomic mass is 9.45. The minimum absolute atomic E-state index is 0.0310. The fourth-order valence-corrected chi connectivity index (χ4v) is 7.56. The van der Waals surface area contributed by atoms with E-state index in [2.05, 4.69) is 13.8 Å². The van der Waals surface area contributed by atoms with Crippen molar-refractivity contribution in [2.45, 2.75) is 83.5 Å². The van der Waals surface area contributed by atoms with Crippen LogP contribution in [0.25, 0.3) is 0 Å². The number of fused-ring (bicyclic) bond motifs is 7. The van der Waals surface area contributed by atoms with Crippen molar-refractivity contribution in [2.75, 3.05) is 0 Å². The van der Waals surface area contributed by atoms with E-state index >= 15 is 0 Å². The van der Waals surface area contributed by atoms with Crippen molar-refractivity contribution < 1.29 is 9.84 Å². The number of aliphatic hydroxyl groups is 1. The van der Waals surface area contributed by atoms with E-state index in [9.17, 15) is 5.11 Å². The van der Waals surface area contributed by atoms with Crippen LogP contribution >= 0.6 is 0 Å². The molecule has 0 aromatic rings. The average molecular weight is 290 g/mol. The zero-order valence-corrected chi connectivity index (χ0v) is 13.6. The normalized spacial score (nSPS) is 65.0. The molecule has 0 radical (unpaired) electrons. The molecule has 5 rings (SSSR count). The average Bonchev–Trinajstić information content (AvgIpc) is 3.18. The molecule has 118 valence electrons. The lowest BCUT2D eigenvalue weighted by Crippen LogP contribution is -2.54. The standard InChI is InChI=1S/C19H30O2/c1-18-10-8-15-17(21-15)14(18)4-3-11-12-5-6-16(20)19(12,2)9-7-13(11)18/h11-17,20H,3-10H2,1-2H3/t11-,12-,13-,14-,15+,16-,17-,18+,19-/m0/s1. The largest absolute Gasteiger partial charge is 0.393 e. The second-order valence-electron chi connectivity index (χ2n) is 9.38. The molecule has 1 N–H and O–H groups in total. The predicted molar refractivity (Wildman–Crippen MR) is 81.8 cm³/mol. The SMILES string of the molecule is C[C@]12CC[C@H]3O[C@H]3[C@@H]1CC[C@@H]1[C@@H]2CC[C@]2(C)[C@@H](O)CC[C@@H]12. The first-order valence-electron chi connectivity index (χ1n) is 9.37. The fraction of sp³-hybridized carbons (Fsp3) is 1.00. The van der Waals surface area contributed by atoms with Gasteiger partial charge in [-0.3, -0.25) is 0 Å².